The minimum atomic E-state index is 0.616. The Hall–Kier alpha value is 0.310. The van der Waals surface area contributed by atoms with E-state index < -0.39 is 0 Å². The van der Waals surface area contributed by atoms with Crippen LogP contribution in [0.2, 0.25) is 0 Å². The molecule has 2 heteroatoms. The quantitative estimate of drug-likeness (QED) is 0.557. The molecule has 13 heavy (non-hydrogen) atoms. The summed E-state index contributed by atoms with van der Waals surface area (Å²) in [6, 6.07) is 0. The molecular weight excluding hydrogens is 180 g/mol. The van der Waals surface area contributed by atoms with Gasteiger partial charge in [-0.3, -0.25) is 0 Å². The molecule has 1 fully saturated rings. The highest BCUT2D eigenvalue weighted by Gasteiger charge is 2.16. The Labute approximate surface area is 86.6 Å². The fourth-order valence-corrected chi connectivity index (χ4v) is 2.19. The zero-order chi connectivity index (χ0) is 9.36. The van der Waals surface area contributed by atoms with Gasteiger partial charge in [0, 0.05) is 6.61 Å². The van der Waals surface area contributed by atoms with Crippen LogP contribution in [-0.2, 0) is 4.74 Å². The molecule has 0 unspecified atom stereocenters. The van der Waals surface area contributed by atoms with E-state index in [0.717, 1.165) is 13.0 Å². The zero-order valence-corrected chi connectivity index (χ0v) is 9.28. The Morgan fingerprint density at radius 3 is 2.62 bits per heavy atom. The third kappa shape index (κ3) is 5.58. The van der Waals surface area contributed by atoms with E-state index in [9.17, 15) is 0 Å². The van der Waals surface area contributed by atoms with E-state index in [1.807, 2.05) is 11.8 Å². The van der Waals surface area contributed by atoms with Gasteiger partial charge < -0.3 is 4.74 Å². The van der Waals surface area contributed by atoms with Gasteiger partial charge in [-0.15, -0.1) is 0 Å². The van der Waals surface area contributed by atoms with Crippen molar-refractivity contribution in [2.24, 2.45) is 0 Å². The number of hydrogen-bond donors (Lipinski definition) is 0. The number of ether oxygens (including phenoxy) is 1. The van der Waals surface area contributed by atoms with E-state index in [4.69, 9.17) is 4.74 Å². The first-order chi connectivity index (χ1) is 6.43. The van der Waals surface area contributed by atoms with Crippen molar-refractivity contribution >= 4 is 11.8 Å². The molecule has 0 spiro atoms. The van der Waals surface area contributed by atoms with Crippen LogP contribution in [0.25, 0.3) is 0 Å². The van der Waals surface area contributed by atoms with Gasteiger partial charge in [0.25, 0.3) is 0 Å². The van der Waals surface area contributed by atoms with E-state index in [-0.39, 0.29) is 0 Å². The molecule has 1 aliphatic rings. The van der Waals surface area contributed by atoms with Gasteiger partial charge in [-0.25, -0.2) is 0 Å². The maximum atomic E-state index is 5.66. The van der Waals surface area contributed by atoms with Crippen LogP contribution < -0.4 is 0 Å². The van der Waals surface area contributed by atoms with Gasteiger partial charge in [0.1, 0.15) is 0 Å². The SMILES string of the molecule is [CH2]CCCSCCCOC1CCC1. The van der Waals surface area contributed by atoms with Crippen molar-refractivity contribution in [3.8, 4) is 0 Å². The van der Waals surface area contributed by atoms with Crippen LogP contribution in [-0.4, -0.2) is 24.2 Å². The molecule has 1 nitrogen and oxygen atoms in total. The lowest BCUT2D eigenvalue weighted by Gasteiger charge is -2.25. The second-order valence-electron chi connectivity index (χ2n) is 3.60. The average molecular weight is 201 g/mol. The van der Waals surface area contributed by atoms with E-state index >= 15 is 0 Å². The van der Waals surface area contributed by atoms with Gasteiger partial charge in [-0.05, 0) is 43.6 Å². The van der Waals surface area contributed by atoms with Gasteiger partial charge in [0.15, 0.2) is 0 Å². The second-order valence-corrected chi connectivity index (χ2v) is 4.82. The summed E-state index contributed by atoms with van der Waals surface area (Å²) >= 11 is 2.04. The molecule has 0 N–H and O–H groups in total. The normalized spacial score (nSPS) is 17.3. The molecule has 0 aromatic rings. The Balaban J connectivity index is 1.68. The fourth-order valence-electron chi connectivity index (χ4n) is 1.25. The molecule has 0 bridgehead atoms. The number of rotatable bonds is 8. The molecule has 0 aromatic heterocycles. The Kier molecular flexibility index (Phi) is 6.73. The van der Waals surface area contributed by atoms with E-state index in [1.54, 1.807) is 0 Å². The summed E-state index contributed by atoms with van der Waals surface area (Å²) in [5, 5.41) is 0. The van der Waals surface area contributed by atoms with Crippen molar-refractivity contribution in [2.45, 2.75) is 44.6 Å². The molecule has 1 aliphatic carbocycles. The van der Waals surface area contributed by atoms with Crippen LogP contribution in [0, 0.1) is 6.92 Å². The maximum absolute atomic E-state index is 5.66. The molecule has 0 aromatic carbocycles. The summed E-state index contributed by atoms with van der Waals surface area (Å²) in [7, 11) is 0. The van der Waals surface area contributed by atoms with Crippen molar-refractivity contribution in [1.29, 1.82) is 0 Å². The first-order valence-corrected chi connectivity index (χ1v) is 6.57. The molecule has 77 valence electrons. The van der Waals surface area contributed by atoms with Gasteiger partial charge in [-0.1, -0.05) is 13.3 Å². The molecular formula is C11H21OS. The topological polar surface area (TPSA) is 9.23 Å². The maximum Gasteiger partial charge on any atom is 0.0575 e. The standard InChI is InChI=1S/C11H21OS/c1-2-3-9-13-10-5-8-12-11-6-4-7-11/h11H,1-10H2. The molecule has 1 radical (unpaired) electrons. The summed E-state index contributed by atoms with van der Waals surface area (Å²) in [4.78, 5) is 0. The summed E-state index contributed by atoms with van der Waals surface area (Å²) in [5.74, 6) is 2.53. The van der Waals surface area contributed by atoms with Crippen molar-refractivity contribution in [1.82, 2.24) is 0 Å². The summed E-state index contributed by atoms with van der Waals surface area (Å²) < 4.78 is 5.66. The minimum absolute atomic E-state index is 0.616. The van der Waals surface area contributed by atoms with Gasteiger partial charge in [0.05, 0.1) is 6.10 Å². The van der Waals surface area contributed by atoms with Crippen LogP contribution >= 0.6 is 11.8 Å². The molecule has 0 amide bonds. The molecule has 0 aliphatic heterocycles. The first-order valence-electron chi connectivity index (χ1n) is 5.42. The van der Waals surface area contributed by atoms with Crippen molar-refractivity contribution < 1.29 is 4.74 Å². The van der Waals surface area contributed by atoms with Crippen molar-refractivity contribution in [2.75, 3.05) is 18.1 Å². The lowest BCUT2D eigenvalue weighted by Crippen LogP contribution is -2.22. The molecule has 0 atom stereocenters. The van der Waals surface area contributed by atoms with Crippen molar-refractivity contribution in [3.63, 3.8) is 0 Å². The zero-order valence-electron chi connectivity index (χ0n) is 8.46. The van der Waals surface area contributed by atoms with E-state index in [1.165, 1.54) is 43.6 Å². The van der Waals surface area contributed by atoms with Gasteiger partial charge in [0.2, 0.25) is 0 Å². The smallest absolute Gasteiger partial charge is 0.0575 e. The number of thioether (sulfide) groups is 1. The average Bonchev–Trinajstić information content (AvgIpc) is 2.07. The monoisotopic (exact) mass is 201 g/mol. The Morgan fingerprint density at radius 1 is 1.23 bits per heavy atom. The predicted octanol–water partition coefficient (Wildman–Crippen LogP) is 3.29. The Morgan fingerprint density at radius 2 is 2.00 bits per heavy atom. The summed E-state index contributed by atoms with van der Waals surface area (Å²) in [6.45, 7) is 4.80. The summed E-state index contributed by atoms with van der Waals surface area (Å²) in [6.07, 6.45) is 8.15. The molecule has 0 saturated heterocycles. The third-order valence-electron chi connectivity index (χ3n) is 2.38. The summed E-state index contributed by atoms with van der Waals surface area (Å²) in [5.41, 5.74) is 0. The lowest BCUT2D eigenvalue weighted by atomic mass is 9.96. The lowest BCUT2D eigenvalue weighted by molar-refractivity contribution is 0.00322. The van der Waals surface area contributed by atoms with Crippen molar-refractivity contribution in [3.05, 3.63) is 6.92 Å². The minimum Gasteiger partial charge on any atom is -0.378 e. The van der Waals surface area contributed by atoms with Crippen LogP contribution in [0.15, 0.2) is 0 Å². The molecule has 1 saturated carbocycles. The predicted molar refractivity (Wildman–Crippen MR) is 60.1 cm³/mol. The largest absolute Gasteiger partial charge is 0.378 e. The van der Waals surface area contributed by atoms with E-state index in [2.05, 4.69) is 6.92 Å². The number of hydrogen-bond acceptors (Lipinski definition) is 2. The van der Waals surface area contributed by atoms with E-state index in [0.29, 0.717) is 6.10 Å². The number of unbranched alkanes of at least 4 members (excludes halogenated alkanes) is 1. The molecule has 1 rings (SSSR count). The third-order valence-corrected chi connectivity index (χ3v) is 3.53. The first kappa shape index (κ1) is 11.4. The highest BCUT2D eigenvalue weighted by molar-refractivity contribution is 7.99. The van der Waals surface area contributed by atoms with Crippen LogP contribution in [0.1, 0.15) is 38.5 Å². The van der Waals surface area contributed by atoms with Gasteiger partial charge >= 0.3 is 0 Å². The molecule has 0 heterocycles. The van der Waals surface area contributed by atoms with Crippen LogP contribution in [0.5, 0.6) is 0 Å². The fraction of sp³-hybridized carbons (Fsp3) is 0.909. The highest BCUT2D eigenvalue weighted by Crippen LogP contribution is 2.22. The van der Waals surface area contributed by atoms with Gasteiger partial charge in [-0.2, -0.15) is 11.8 Å². The second kappa shape index (κ2) is 7.69. The highest BCUT2D eigenvalue weighted by atomic mass is 32.2. The Bertz CT molecular complexity index is 113. The van der Waals surface area contributed by atoms with Crippen LogP contribution in [0.3, 0.4) is 0 Å². The van der Waals surface area contributed by atoms with Crippen LogP contribution in [0.4, 0.5) is 0 Å².